The van der Waals surface area contributed by atoms with Gasteiger partial charge >= 0.3 is 6.18 Å². The zero-order valence-electron chi connectivity index (χ0n) is 11.8. The fourth-order valence-electron chi connectivity index (χ4n) is 2.38. The van der Waals surface area contributed by atoms with Crippen LogP contribution in [0.4, 0.5) is 18.9 Å². The van der Waals surface area contributed by atoms with E-state index < -0.39 is 22.8 Å². The van der Waals surface area contributed by atoms with Crippen molar-refractivity contribution in [1.82, 2.24) is 0 Å². The van der Waals surface area contributed by atoms with Crippen LogP contribution in [0.5, 0.6) is 0 Å². The van der Waals surface area contributed by atoms with Crippen molar-refractivity contribution in [1.29, 1.82) is 0 Å². The fourth-order valence-corrected chi connectivity index (χ4v) is 2.91. The van der Waals surface area contributed by atoms with E-state index in [2.05, 4.69) is 4.74 Å². The van der Waals surface area contributed by atoms with Gasteiger partial charge in [-0.05, 0) is 30.5 Å². The standard InChI is InChI=1S/C13H17F3N2O3S/c14-13(15,16)9-21-7-1-5-18-6-4-10-2-3-11(8-12(10)18)22(17,19)20/h2-3,8H,1,4-7,9H2,(H2,17,19,20). The highest BCUT2D eigenvalue weighted by molar-refractivity contribution is 7.89. The second-order valence-corrected chi connectivity index (χ2v) is 6.66. The summed E-state index contributed by atoms with van der Waals surface area (Å²) in [6, 6.07) is 4.69. The molecule has 0 bridgehead atoms. The van der Waals surface area contributed by atoms with Crippen LogP contribution in [0.15, 0.2) is 23.1 Å². The Morgan fingerprint density at radius 3 is 2.68 bits per heavy atom. The van der Waals surface area contributed by atoms with E-state index in [1.807, 2.05) is 4.90 Å². The molecule has 0 radical (unpaired) electrons. The minimum absolute atomic E-state index is 0.000220. The summed E-state index contributed by atoms with van der Waals surface area (Å²) >= 11 is 0. The van der Waals surface area contributed by atoms with E-state index in [4.69, 9.17) is 5.14 Å². The van der Waals surface area contributed by atoms with Crippen LogP contribution < -0.4 is 10.0 Å². The number of alkyl halides is 3. The number of sulfonamides is 1. The predicted octanol–water partition coefficient (Wildman–Crippen LogP) is 1.67. The van der Waals surface area contributed by atoms with Gasteiger partial charge in [-0.3, -0.25) is 0 Å². The molecule has 2 N–H and O–H groups in total. The quantitative estimate of drug-likeness (QED) is 0.801. The third-order valence-electron chi connectivity index (χ3n) is 3.36. The van der Waals surface area contributed by atoms with Gasteiger partial charge < -0.3 is 9.64 Å². The van der Waals surface area contributed by atoms with Gasteiger partial charge in [0.2, 0.25) is 10.0 Å². The zero-order chi connectivity index (χ0) is 16.4. The van der Waals surface area contributed by atoms with Gasteiger partial charge in [-0.25, -0.2) is 13.6 Å². The van der Waals surface area contributed by atoms with Crippen LogP contribution in [0.2, 0.25) is 0 Å². The normalized spacial score (nSPS) is 15.2. The molecule has 0 atom stereocenters. The molecule has 0 unspecified atom stereocenters. The number of benzene rings is 1. The molecule has 1 aromatic carbocycles. The Morgan fingerprint density at radius 1 is 1.32 bits per heavy atom. The van der Waals surface area contributed by atoms with Gasteiger partial charge in [0, 0.05) is 25.4 Å². The molecule has 0 fully saturated rings. The summed E-state index contributed by atoms with van der Waals surface area (Å²) in [5, 5.41) is 5.10. The predicted molar refractivity (Wildman–Crippen MR) is 75.2 cm³/mol. The van der Waals surface area contributed by atoms with Crippen LogP contribution in [0, 0.1) is 0 Å². The highest BCUT2D eigenvalue weighted by Crippen LogP contribution is 2.30. The van der Waals surface area contributed by atoms with Gasteiger partial charge in [0.25, 0.3) is 0 Å². The summed E-state index contributed by atoms with van der Waals surface area (Å²) in [7, 11) is -3.77. The summed E-state index contributed by atoms with van der Waals surface area (Å²) in [6.45, 7) is -0.0546. The van der Waals surface area contributed by atoms with Crippen LogP contribution in [-0.2, 0) is 21.2 Å². The van der Waals surface area contributed by atoms with E-state index in [9.17, 15) is 21.6 Å². The Labute approximate surface area is 126 Å². The van der Waals surface area contributed by atoms with E-state index in [0.717, 1.165) is 17.7 Å². The van der Waals surface area contributed by atoms with Crippen molar-refractivity contribution >= 4 is 15.7 Å². The number of hydrogen-bond acceptors (Lipinski definition) is 4. The Bertz CT molecular complexity index is 632. The molecular formula is C13H17F3N2O3S. The lowest BCUT2D eigenvalue weighted by molar-refractivity contribution is -0.173. The average Bonchev–Trinajstić information content (AvgIpc) is 2.78. The smallest absolute Gasteiger partial charge is 0.372 e. The number of halogens is 3. The van der Waals surface area contributed by atoms with Gasteiger partial charge in [-0.15, -0.1) is 0 Å². The first-order chi connectivity index (χ1) is 10.2. The van der Waals surface area contributed by atoms with Crippen molar-refractivity contribution in [2.75, 3.05) is 31.2 Å². The van der Waals surface area contributed by atoms with Gasteiger partial charge in [0.1, 0.15) is 6.61 Å². The zero-order valence-corrected chi connectivity index (χ0v) is 12.6. The summed E-state index contributed by atoms with van der Waals surface area (Å²) in [4.78, 5) is 1.97. The molecule has 22 heavy (non-hydrogen) atoms. The SMILES string of the molecule is NS(=O)(=O)c1ccc2c(c1)N(CCCOCC(F)(F)F)CC2. The number of primary sulfonamides is 1. The first-order valence-corrected chi connectivity index (χ1v) is 8.26. The van der Waals surface area contributed by atoms with Crippen molar-refractivity contribution in [3.8, 4) is 0 Å². The lowest BCUT2D eigenvalue weighted by Crippen LogP contribution is -2.24. The first kappa shape index (κ1) is 17.0. The van der Waals surface area contributed by atoms with Gasteiger partial charge in [-0.2, -0.15) is 13.2 Å². The molecular weight excluding hydrogens is 321 g/mol. The molecule has 1 heterocycles. The van der Waals surface area contributed by atoms with Crippen molar-refractivity contribution in [3.05, 3.63) is 23.8 Å². The molecule has 0 aliphatic carbocycles. The van der Waals surface area contributed by atoms with Crippen LogP contribution in [0.3, 0.4) is 0 Å². The van der Waals surface area contributed by atoms with Gasteiger partial charge in [-0.1, -0.05) is 6.07 Å². The Kier molecular flexibility index (Phi) is 4.98. The topological polar surface area (TPSA) is 72.6 Å². The molecule has 1 aliphatic heterocycles. The third kappa shape index (κ3) is 4.59. The molecule has 0 saturated carbocycles. The maximum absolute atomic E-state index is 11.9. The van der Waals surface area contributed by atoms with Crippen molar-refractivity contribution in [2.45, 2.75) is 23.9 Å². The Balaban J connectivity index is 1.91. The average molecular weight is 338 g/mol. The molecule has 1 aliphatic rings. The number of anilines is 1. The van der Waals surface area contributed by atoms with Gasteiger partial charge in [0.05, 0.1) is 4.90 Å². The summed E-state index contributed by atoms with van der Waals surface area (Å²) in [5.41, 5.74) is 1.77. The second kappa shape index (κ2) is 6.43. The summed E-state index contributed by atoms with van der Waals surface area (Å²) in [5.74, 6) is 0. The van der Waals surface area contributed by atoms with Crippen molar-refractivity contribution in [3.63, 3.8) is 0 Å². The van der Waals surface area contributed by atoms with Gasteiger partial charge in [0.15, 0.2) is 0 Å². The maximum Gasteiger partial charge on any atom is 0.411 e. The van der Waals surface area contributed by atoms with Crippen molar-refractivity contribution in [2.24, 2.45) is 5.14 Å². The van der Waals surface area contributed by atoms with E-state index >= 15 is 0 Å². The molecule has 0 amide bonds. The molecule has 5 nitrogen and oxygen atoms in total. The van der Waals surface area contributed by atoms with Crippen LogP contribution in [-0.4, -0.2) is 40.9 Å². The molecule has 0 saturated heterocycles. The van der Waals surface area contributed by atoms with Crippen molar-refractivity contribution < 1.29 is 26.3 Å². The van der Waals surface area contributed by atoms with Crippen LogP contribution in [0.25, 0.3) is 0 Å². The molecule has 124 valence electrons. The summed E-state index contributed by atoms with van der Waals surface area (Å²) in [6.07, 6.45) is -3.12. The van der Waals surface area contributed by atoms with E-state index in [1.165, 1.54) is 12.1 Å². The highest BCUT2D eigenvalue weighted by atomic mass is 32.2. The number of hydrogen-bond donors (Lipinski definition) is 1. The Hall–Kier alpha value is -1.32. The molecule has 2 rings (SSSR count). The number of fused-ring (bicyclic) bond motifs is 1. The molecule has 0 aromatic heterocycles. The van der Waals surface area contributed by atoms with E-state index in [-0.39, 0.29) is 11.5 Å². The largest absolute Gasteiger partial charge is 0.411 e. The number of rotatable bonds is 6. The number of ether oxygens (including phenoxy) is 1. The molecule has 0 spiro atoms. The fraction of sp³-hybridized carbons (Fsp3) is 0.538. The maximum atomic E-state index is 11.9. The minimum Gasteiger partial charge on any atom is -0.372 e. The lowest BCUT2D eigenvalue weighted by Gasteiger charge is -2.20. The highest BCUT2D eigenvalue weighted by Gasteiger charge is 2.27. The van der Waals surface area contributed by atoms with Crippen LogP contribution in [0.1, 0.15) is 12.0 Å². The lowest BCUT2D eigenvalue weighted by atomic mass is 10.2. The van der Waals surface area contributed by atoms with Crippen LogP contribution >= 0.6 is 0 Å². The van der Waals surface area contributed by atoms with E-state index in [1.54, 1.807) is 6.07 Å². The number of nitrogens with two attached hydrogens (primary N) is 1. The first-order valence-electron chi connectivity index (χ1n) is 6.72. The second-order valence-electron chi connectivity index (χ2n) is 5.09. The van der Waals surface area contributed by atoms with E-state index in [0.29, 0.717) is 19.5 Å². The monoisotopic (exact) mass is 338 g/mol. The third-order valence-corrected chi connectivity index (χ3v) is 4.27. The Morgan fingerprint density at radius 2 is 2.05 bits per heavy atom. The minimum atomic E-state index is -4.31. The summed E-state index contributed by atoms with van der Waals surface area (Å²) < 4.78 is 63.1. The molecule has 9 heteroatoms. The molecule has 1 aromatic rings. The number of nitrogens with zero attached hydrogens (tertiary/aromatic N) is 1.